The van der Waals surface area contributed by atoms with E-state index in [1.165, 1.54) is 5.56 Å². The second-order valence-corrected chi connectivity index (χ2v) is 11.3. The van der Waals surface area contributed by atoms with Crippen molar-refractivity contribution in [2.75, 3.05) is 17.8 Å². The lowest BCUT2D eigenvalue weighted by Crippen LogP contribution is -2.46. The van der Waals surface area contributed by atoms with Gasteiger partial charge in [-0.15, -0.1) is 0 Å². The third-order valence-corrected chi connectivity index (χ3v) is 7.87. The van der Waals surface area contributed by atoms with Crippen LogP contribution in [0.2, 0.25) is 0 Å². The molecule has 1 fully saturated rings. The van der Waals surface area contributed by atoms with Crippen molar-refractivity contribution in [1.29, 1.82) is 0 Å². The van der Waals surface area contributed by atoms with Crippen LogP contribution in [-0.4, -0.2) is 44.3 Å². The van der Waals surface area contributed by atoms with Gasteiger partial charge in [0.05, 0.1) is 4.90 Å². The minimum absolute atomic E-state index is 0.135. The van der Waals surface area contributed by atoms with Crippen LogP contribution in [0.25, 0.3) is 0 Å². The van der Waals surface area contributed by atoms with Gasteiger partial charge in [0, 0.05) is 24.3 Å². The molecule has 2 aliphatic rings. The summed E-state index contributed by atoms with van der Waals surface area (Å²) in [4.78, 5) is 27.6. The number of hydrogen-bond acceptors (Lipinski definition) is 4. The highest BCUT2D eigenvalue weighted by Crippen LogP contribution is 2.26. The molecule has 8 heteroatoms. The van der Waals surface area contributed by atoms with Crippen molar-refractivity contribution in [2.45, 2.75) is 63.3 Å². The molecule has 1 heterocycles. The van der Waals surface area contributed by atoms with Gasteiger partial charge in [-0.05, 0) is 85.9 Å². The number of carbonyl (C=O) groups is 2. The van der Waals surface area contributed by atoms with E-state index in [-0.39, 0.29) is 16.7 Å². The average molecular weight is 484 g/mol. The summed E-state index contributed by atoms with van der Waals surface area (Å²) in [5.41, 5.74) is 2.99. The van der Waals surface area contributed by atoms with Gasteiger partial charge in [-0.3, -0.25) is 14.3 Å². The summed E-state index contributed by atoms with van der Waals surface area (Å²) in [5, 5.41) is 2.92. The molecular formula is C26H33N3O4S. The van der Waals surface area contributed by atoms with Gasteiger partial charge in [0.25, 0.3) is 15.9 Å². The van der Waals surface area contributed by atoms with E-state index in [0.29, 0.717) is 36.7 Å². The number of rotatable bonds is 7. The van der Waals surface area contributed by atoms with Gasteiger partial charge in [0.15, 0.2) is 0 Å². The third kappa shape index (κ3) is 5.43. The zero-order valence-corrected chi connectivity index (χ0v) is 20.7. The van der Waals surface area contributed by atoms with E-state index in [1.54, 1.807) is 41.3 Å². The van der Waals surface area contributed by atoms with Crippen molar-refractivity contribution in [2.24, 2.45) is 5.92 Å². The summed E-state index contributed by atoms with van der Waals surface area (Å²) >= 11 is 0. The van der Waals surface area contributed by atoms with E-state index < -0.39 is 16.1 Å². The van der Waals surface area contributed by atoms with Crippen molar-refractivity contribution in [3.8, 4) is 0 Å². The standard InChI is InChI=1S/C26H33N3O4S/c1-18(2)17-27-25(30)24-11-6-14-29(24)26(31)21-9-5-10-22(15-21)28-34(32,33)23-13-12-19-7-3-4-8-20(19)16-23/h5,9-10,12-13,15-16,18,24,28H,3-4,6-8,11,14,17H2,1-2H3,(H,27,30). The molecule has 34 heavy (non-hydrogen) atoms. The molecule has 1 aliphatic heterocycles. The zero-order valence-electron chi connectivity index (χ0n) is 19.8. The van der Waals surface area contributed by atoms with Crippen LogP contribution < -0.4 is 10.0 Å². The molecule has 0 spiro atoms. The Hall–Kier alpha value is -2.87. The first-order valence-corrected chi connectivity index (χ1v) is 13.6. The van der Waals surface area contributed by atoms with E-state index in [0.717, 1.165) is 37.7 Å². The Bertz CT molecular complexity index is 1180. The molecule has 1 unspecified atom stereocenters. The number of benzene rings is 2. The molecule has 1 atom stereocenters. The lowest BCUT2D eigenvalue weighted by atomic mass is 9.92. The second kappa shape index (κ2) is 10.2. The van der Waals surface area contributed by atoms with Crippen LogP contribution in [0.4, 0.5) is 5.69 Å². The van der Waals surface area contributed by atoms with Gasteiger partial charge in [0.1, 0.15) is 6.04 Å². The summed E-state index contributed by atoms with van der Waals surface area (Å²) in [6.07, 6.45) is 5.47. The van der Waals surface area contributed by atoms with Gasteiger partial charge >= 0.3 is 0 Å². The number of hydrogen-bond donors (Lipinski definition) is 2. The molecule has 1 saturated heterocycles. The maximum Gasteiger partial charge on any atom is 0.261 e. The Morgan fingerprint density at radius 3 is 2.56 bits per heavy atom. The van der Waals surface area contributed by atoms with Crippen LogP contribution in [0, 0.1) is 5.92 Å². The molecule has 2 aromatic carbocycles. The van der Waals surface area contributed by atoms with Gasteiger partial charge in [0.2, 0.25) is 5.91 Å². The monoisotopic (exact) mass is 483 g/mol. The van der Waals surface area contributed by atoms with E-state index in [1.807, 2.05) is 19.9 Å². The van der Waals surface area contributed by atoms with Crippen molar-refractivity contribution in [3.05, 3.63) is 59.2 Å². The van der Waals surface area contributed by atoms with Crippen molar-refractivity contribution in [3.63, 3.8) is 0 Å². The average Bonchev–Trinajstić information content (AvgIpc) is 3.31. The first kappa shape index (κ1) is 24.3. The van der Waals surface area contributed by atoms with Crippen molar-refractivity contribution >= 4 is 27.5 Å². The highest BCUT2D eigenvalue weighted by Gasteiger charge is 2.34. The lowest BCUT2D eigenvalue weighted by molar-refractivity contribution is -0.125. The first-order chi connectivity index (χ1) is 16.2. The van der Waals surface area contributed by atoms with Crippen LogP contribution in [0.15, 0.2) is 47.4 Å². The number of sulfonamides is 1. The Labute approximate surface area is 202 Å². The molecule has 7 nitrogen and oxygen atoms in total. The van der Waals surface area contributed by atoms with E-state index >= 15 is 0 Å². The van der Waals surface area contributed by atoms with Crippen LogP contribution in [0.3, 0.4) is 0 Å². The Balaban J connectivity index is 1.49. The molecular weight excluding hydrogens is 450 g/mol. The lowest BCUT2D eigenvalue weighted by Gasteiger charge is -2.24. The summed E-state index contributed by atoms with van der Waals surface area (Å²) in [5.74, 6) is -0.0739. The van der Waals surface area contributed by atoms with E-state index in [2.05, 4.69) is 10.0 Å². The predicted molar refractivity (Wildman–Crippen MR) is 132 cm³/mol. The summed E-state index contributed by atoms with van der Waals surface area (Å²) in [6, 6.07) is 11.3. The molecule has 182 valence electrons. The fraction of sp³-hybridized carbons (Fsp3) is 0.462. The topological polar surface area (TPSA) is 95.6 Å². The van der Waals surface area contributed by atoms with Gasteiger partial charge in [-0.1, -0.05) is 26.0 Å². The molecule has 0 saturated carbocycles. The van der Waals surface area contributed by atoms with E-state index in [9.17, 15) is 18.0 Å². The number of likely N-dealkylation sites (tertiary alicyclic amines) is 1. The van der Waals surface area contributed by atoms with Crippen molar-refractivity contribution in [1.82, 2.24) is 10.2 Å². The molecule has 0 aromatic heterocycles. The molecule has 2 N–H and O–H groups in total. The molecule has 2 amide bonds. The maximum absolute atomic E-state index is 13.2. The number of carbonyl (C=O) groups excluding carboxylic acids is 2. The van der Waals surface area contributed by atoms with Crippen LogP contribution in [-0.2, 0) is 27.7 Å². The summed E-state index contributed by atoms with van der Waals surface area (Å²) in [6.45, 7) is 5.12. The van der Waals surface area contributed by atoms with Gasteiger partial charge < -0.3 is 10.2 Å². The number of aryl methyl sites for hydroxylation is 2. The fourth-order valence-corrected chi connectivity index (χ4v) is 5.78. The molecule has 4 rings (SSSR count). The smallest absolute Gasteiger partial charge is 0.261 e. The molecule has 0 radical (unpaired) electrons. The Kier molecular flexibility index (Phi) is 7.26. The second-order valence-electron chi connectivity index (χ2n) is 9.62. The van der Waals surface area contributed by atoms with Crippen LogP contribution >= 0.6 is 0 Å². The Morgan fingerprint density at radius 2 is 1.79 bits per heavy atom. The largest absolute Gasteiger partial charge is 0.354 e. The van der Waals surface area contributed by atoms with Crippen LogP contribution in [0.5, 0.6) is 0 Å². The quantitative estimate of drug-likeness (QED) is 0.627. The first-order valence-electron chi connectivity index (χ1n) is 12.1. The molecule has 1 aliphatic carbocycles. The van der Waals surface area contributed by atoms with Gasteiger partial charge in [-0.25, -0.2) is 8.42 Å². The highest BCUT2D eigenvalue weighted by atomic mass is 32.2. The normalized spacial score (nSPS) is 18.0. The van der Waals surface area contributed by atoms with Crippen molar-refractivity contribution < 1.29 is 18.0 Å². The van der Waals surface area contributed by atoms with Crippen LogP contribution in [0.1, 0.15) is 61.0 Å². The highest BCUT2D eigenvalue weighted by molar-refractivity contribution is 7.92. The third-order valence-electron chi connectivity index (χ3n) is 6.49. The van der Waals surface area contributed by atoms with E-state index in [4.69, 9.17) is 0 Å². The number of anilines is 1. The number of nitrogens with zero attached hydrogens (tertiary/aromatic N) is 1. The fourth-order valence-electron chi connectivity index (χ4n) is 4.68. The van der Waals surface area contributed by atoms with Gasteiger partial charge in [-0.2, -0.15) is 0 Å². The maximum atomic E-state index is 13.2. The summed E-state index contributed by atoms with van der Waals surface area (Å²) in [7, 11) is -3.79. The molecule has 2 aromatic rings. The SMILES string of the molecule is CC(C)CNC(=O)C1CCCN1C(=O)c1cccc(NS(=O)(=O)c2ccc3c(c2)CCCC3)c1. The summed E-state index contributed by atoms with van der Waals surface area (Å²) < 4.78 is 28.7. The number of nitrogens with one attached hydrogen (secondary N) is 2. The number of amides is 2. The molecule has 0 bridgehead atoms. The minimum atomic E-state index is -3.79. The Morgan fingerprint density at radius 1 is 1.03 bits per heavy atom. The predicted octanol–water partition coefficient (Wildman–Crippen LogP) is 3.74. The zero-order chi connectivity index (χ0) is 24.3. The number of fused-ring (bicyclic) bond motifs is 1. The minimum Gasteiger partial charge on any atom is -0.354 e.